The Balaban J connectivity index is 2.21. The van der Waals surface area contributed by atoms with Crippen LogP contribution in [0.15, 0.2) is 34.1 Å². The molecule has 1 aromatic carbocycles. The molecule has 2 amide bonds. The first-order valence-electron chi connectivity index (χ1n) is 6.33. The fraction of sp³-hybridized carbons (Fsp3) is 0.385. The molecule has 0 aromatic heterocycles. The van der Waals surface area contributed by atoms with Crippen LogP contribution in [0.2, 0.25) is 0 Å². The third kappa shape index (κ3) is 3.38. The van der Waals surface area contributed by atoms with Crippen molar-refractivity contribution in [1.29, 1.82) is 0 Å². The van der Waals surface area contributed by atoms with Crippen molar-refractivity contribution < 1.29 is 18.0 Å². The summed E-state index contributed by atoms with van der Waals surface area (Å²) in [5, 5.41) is 2.55. The van der Waals surface area contributed by atoms with Crippen molar-refractivity contribution in [2.24, 2.45) is 11.8 Å². The molecule has 8 heteroatoms. The lowest BCUT2D eigenvalue weighted by atomic mass is 9.97. The first kappa shape index (κ1) is 15.8. The van der Waals surface area contributed by atoms with E-state index in [-0.39, 0.29) is 10.8 Å². The van der Waals surface area contributed by atoms with E-state index in [1.165, 1.54) is 23.9 Å². The van der Waals surface area contributed by atoms with Gasteiger partial charge in [-0.3, -0.25) is 9.59 Å². The average Bonchev–Trinajstić information content (AvgIpc) is 2.77. The molecule has 0 bridgehead atoms. The number of hydrogen-bond donors (Lipinski definition) is 2. The van der Waals surface area contributed by atoms with Gasteiger partial charge in [-0.25, -0.2) is 13.1 Å². The molecular formula is C13H16N2O4S2. The van der Waals surface area contributed by atoms with Crippen LogP contribution in [0.3, 0.4) is 0 Å². The Morgan fingerprint density at radius 1 is 1.43 bits per heavy atom. The van der Waals surface area contributed by atoms with Crippen LogP contribution in [-0.4, -0.2) is 33.0 Å². The van der Waals surface area contributed by atoms with Gasteiger partial charge < -0.3 is 5.32 Å². The van der Waals surface area contributed by atoms with Gasteiger partial charge >= 0.3 is 0 Å². The third-order valence-electron chi connectivity index (χ3n) is 3.32. The summed E-state index contributed by atoms with van der Waals surface area (Å²) in [4.78, 5) is 24.4. The van der Waals surface area contributed by atoms with Gasteiger partial charge in [0.25, 0.3) is 10.0 Å². The van der Waals surface area contributed by atoms with E-state index in [9.17, 15) is 18.0 Å². The van der Waals surface area contributed by atoms with Crippen molar-refractivity contribution in [3.05, 3.63) is 24.3 Å². The van der Waals surface area contributed by atoms with Crippen LogP contribution >= 0.6 is 11.8 Å². The van der Waals surface area contributed by atoms with Crippen LogP contribution < -0.4 is 10.0 Å². The molecule has 0 spiro atoms. The Bertz CT molecular complexity index is 673. The minimum atomic E-state index is -3.97. The normalized spacial score (nSPS) is 21.9. The topological polar surface area (TPSA) is 92.3 Å². The maximum Gasteiger partial charge on any atom is 0.264 e. The summed E-state index contributed by atoms with van der Waals surface area (Å²) in [7, 11) is -3.97. The number of hydrogen-bond acceptors (Lipinski definition) is 5. The number of benzene rings is 1. The molecule has 0 radical (unpaired) electrons. The van der Waals surface area contributed by atoms with Gasteiger partial charge in [-0.15, -0.1) is 11.8 Å². The molecule has 1 aliphatic rings. The Morgan fingerprint density at radius 3 is 2.71 bits per heavy atom. The molecule has 0 aliphatic carbocycles. The Morgan fingerprint density at radius 2 is 2.14 bits per heavy atom. The Kier molecular flexibility index (Phi) is 4.58. The van der Waals surface area contributed by atoms with Gasteiger partial charge in [0.05, 0.1) is 4.90 Å². The van der Waals surface area contributed by atoms with Gasteiger partial charge in [-0.1, -0.05) is 13.0 Å². The summed E-state index contributed by atoms with van der Waals surface area (Å²) in [6.45, 7) is 2.10. The standard InChI is InChI=1S/C13H16N2O4S2/c1-8-7-14-12(16)11(8)13(17)15-21(18,19)10-5-3-4-9(6-10)20-2/h3-6,8,11H,7H2,1-2H3,(H,14,16)(H,15,17). The smallest absolute Gasteiger partial charge is 0.264 e. The average molecular weight is 328 g/mol. The lowest BCUT2D eigenvalue weighted by Crippen LogP contribution is -2.40. The van der Waals surface area contributed by atoms with E-state index in [4.69, 9.17) is 0 Å². The summed E-state index contributed by atoms with van der Waals surface area (Å²) in [6.07, 6.45) is 1.83. The zero-order valence-electron chi connectivity index (χ0n) is 11.6. The fourth-order valence-electron chi connectivity index (χ4n) is 2.15. The van der Waals surface area contributed by atoms with Crippen molar-refractivity contribution >= 4 is 33.6 Å². The molecule has 1 saturated heterocycles. The van der Waals surface area contributed by atoms with Gasteiger partial charge in [0.2, 0.25) is 11.8 Å². The highest BCUT2D eigenvalue weighted by molar-refractivity contribution is 7.98. The molecule has 1 fully saturated rings. The minimum absolute atomic E-state index is 0.00811. The van der Waals surface area contributed by atoms with Gasteiger partial charge in [0.1, 0.15) is 5.92 Å². The summed E-state index contributed by atoms with van der Waals surface area (Å²) in [6, 6.07) is 6.28. The predicted octanol–water partition coefficient (Wildman–Crippen LogP) is 0.595. The maximum atomic E-state index is 12.2. The number of amides is 2. The molecule has 1 aliphatic heterocycles. The molecule has 2 N–H and O–H groups in total. The van der Waals surface area contributed by atoms with Crippen LogP contribution in [0.25, 0.3) is 0 Å². The van der Waals surface area contributed by atoms with Crippen molar-refractivity contribution in [2.75, 3.05) is 12.8 Å². The third-order valence-corrected chi connectivity index (χ3v) is 5.39. The van der Waals surface area contributed by atoms with E-state index in [1.54, 1.807) is 19.1 Å². The molecule has 2 atom stereocenters. The molecule has 0 saturated carbocycles. The van der Waals surface area contributed by atoms with E-state index in [0.29, 0.717) is 6.54 Å². The van der Waals surface area contributed by atoms with Crippen LogP contribution in [0.5, 0.6) is 0 Å². The van der Waals surface area contributed by atoms with Crippen LogP contribution in [0, 0.1) is 11.8 Å². The lowest BCUT2D eigenvalue weighted by molar-refractivity contribution is -0.132. The highest BCUT2D eigenvalue weighted by Gasteiger charge is 2.39. The van der Waals surface area contributed by atoms with Crippen molar-refractivity contribution in [1.82, 2.24) is 10.0 Å². The molecule has 114 valence electrons. The van der Waals surface area contributed by atoms with Crippen molar-refractivity contribution in [3.8, 4) is 0 Å². The van der Waals surface area contributed by atoms with E-state index in [2.05, 4.69) is 5.32 Å². The number of sulfonamides is 1. The summed E-state index contributed by atoms with van der Waals surface area (Å²) < 4.78 is 26.4. The summed E-state index contributed by atoms with van der Waals surface area (Å²) in [5.74, 6) is -2.42. The Labute approximate surface area is 127 Å². The van der Waals surface area contributed by atoms with Gasteiger partial charge in [0, 0.05) is 11.4 Å². The molecule has 2 rings (SSSR count). The second-order valence-electron chi connectivity index (χ2n) is 4.85. The molecule has 2 unspecified atom stereocenters. The quantitative estimate of drug-likeness (QED) is 0.623. The van der Waals surface area contributed by atoms with Crippen LogP contribution in [-0.2, 0) is 19.6 Å². The monoisotopic (exact) mass is 328 g/mol. The molecule has 6 nitrogen and oxygen atoms in total. The first-order chi connectivity index (χ1) is 9.85. The first-order valence-corrected chi connectivity index (χ1v) is 9.04. The molecule has 21 heavy (non-hydrogen) atoms. The van der Waals surface area contributed by atoms with E-state index >= 15 is 0 Å². The number of carbonyl (C=O) groups is 2. The second kappa shape index (κ2) is 6.07. The van der Waals surface area contributed by atoms with Crippen LogP contribution in [0.1, 0.15) is 6.92 Å². The molecular weight excluding hydrogens is 312 g/mol. The van der Waals surface area contributed by atoms with Gasteiger partial charge in [0.15, 0.2) is 0 Å². The maximum absolute atomic E-state index is 12.2. The van der Waals surface area contributed by atoms with Crippen molar-refractivity contribution in [2.45, 2.75) is 16.7 Å². The van der Waals surface area contributed by atoms with E-state index in [0.717, 1.165) is 4.90 Å². The zero-order valence-corrected chi connectivity index (χ0v) is 13.3. The highest BCUT2D eigenvalue weighted by atomic mass is 32.2. The summed E-state index contributed by atoms with van der Waals surface area (Å²) >= 11 is 1.40. The zero-order chi connectivity index (χ0) is 15.6. The second-order valence-corrected chi connectivity index (χ2v) is 7.41. The molecule has 1 aromatic rings. The SMILES string of the molecule is CSc1cccc(S(=O)(=O)NC(=O)C2C(=O)NCC2C)c1. The Hall–Kier alpha value is -1.54. The van der Waals surface area contributed by atoms with Gasteiger partial charge in [-0.2, -0.15) is 0 Å². The van der Waals surface area contributed by atoms with Crippen molar-refractivity contribution in [3.63, 3.8) is 0 Å². The minimum Gasteiger partial charge on any atom is -0.355 e. The van der Waals surface area contributed by atoms with Gasteiger partial charge in [-0.05, 0) is 30.4 Å². The number of carbonyl (C=O) groups excluding carboxylic acids is 2. The number of rotatable bonds is 4. The fourth-order valence-corrected chi connectivity index (χ4v) is 3.73. The molecule has 1 heterocycles. The van der Waals surface area contributed by atoms with Crippen LogP contribution in [0.4, 0.5) is 0 Å². The lowest BCUT2D eigenvalue weighted by Gasteiger charge is -2.13. The van der Waals surface area contributed by atoms with E-state index < -0.39 is 27.8 Å². The summed E-state index contributed by atoms with van der Waals surface area (Å²) in [5.41, 5.74) is 0. The predicted molar refractivity (Wildman–Crippen MR) is 79.2 cm³/mol. The number of thioether (sulfide) groups is 1. The van der Waals surface area contributed by atoms with E-state index in [1.807, 2.05) is 11.0 Å². The largest absolute Gasteiger partial charge is 0.355 e. The highest BCUT2D eigenvalue weighted by Crippen LogP contribution is 2.21. The number of nitrogens with one attached hydrogen (secondary N) is 2.